The van der Waals surface area contributed by atoms with Crippen molar-refractivity contribution in [1.29, 1.82) is 0 Å². The quantitative estimate of drug-likeness (QED) is 0.361. The number of benzene rings is 2. The maximum atomic E-state index is 14.4. The van der Waals surface area contributed by atoms with E-state index in [4.69, 9.17) is 4.74 Å². The summed E-state index contributed by atoms with van der Waals surface area (Å²) < 4.78 is 6.69. The molecular weight excluding hydrogens is 581 g/mol. The molecule has 240 valence electrons. The molecule has 5 heterocycles. The SMILES string of the molecule is Cc1cc(CC2C(=O)N3CCCC3C3OC(C)(CC(=O)C4CC5Cc6cccc7[nH]cc(c67)C5N(C)C4)C(=O)C23)ccc1B(O)O. The average molecular weight is 624 g/mol. The number of carbonyl (C=O) groups is 3. The van der Waals surface area contributed by atoms with Gasteiger partial charge in [0.1, 0.15) is 11.4 Å². The zero-order chi connectivity index (χ0) is 32.1. The van der Waals surface area contributed by atoms with Crippen LogP contribution >= 0.6 is 0 Å². The van der Waals surface area contributed by atoms with Gasteiger partial charge in [-0.15, -0.1) is 0 Å². The van der Waals surface area contributed by atoms with Crippen molar-refractivity contribution < 1.29 is 29.2 Å². The van der Waals surface area contributed by atoms with Crippen LogP contribution in [0.4, 0.5) is 0 Å². The lowest BCUT2D eigenvalue weighted by Gasteiger charge is -2.45. The van der Waals surface area contributed by atoms with Crippen molar-refractivity contribution in [3.8, 4) is 0 Å². The minimum atomic E-state index is -1.57. The molecule has 46 heavy (non-hydrogen) atoms. The number of aryl methyl sites for hydroxylation is 1. The highest BCUT2D eigenvalue weighted by molar-refractivity contribution is 6.59. The molecule has 0 radical (unpaired) electrons. The Morgan fingerprint density at radius 2 is 2.02 bits per heavy atom. The van der Waals surface area contributed by atoms with Crippen LogP contribution in [0.1, 0.15) is 60.9 Å². The van der Waals surface area contributed by atoms with Crippen molar-refractivity contribution in [2.75, 3.05) is 20.1 Å². The van der Waals surface area contributed by atoms with Gasteiger partial charge in [-0.25, -0.2) is 0 Å². The highest BCUT2D eigenvalue weighted by Crippen LogP contribution is 2.50. The van der Waals surface area contributed by atoms with Crippen LogP contribution in [0.15, 0.2) is 42.6 Å². The first-order valence-corrected chi connectivity index (χ1v) is 16.8. The Labute approximate surface area is 269 Å². The highest BCUT2D eigenvalue weighted by atomic mass is 16.5. The number of carbonyl (C=O) groups excluding carboxylic acids is 3. The Bertz CT molecular complexity index is 1750. The number of likely N-dealkylation sites (tertiary alicyclic amines) is 1. The van der Waals surface area contributed by atoms with Crippen molar-refractivity contribution in [1.82, 2.24) is 14.8 Å². The smallest absolute Gasteiger partial charge is 0.423 e. The molecule has 2 aromatic carbocycles. The maximum Gasteiger partial charge on any atom is 0.488 e. The molecule has 1 aromatic heterocycles. The van der Waals surface area contributed by atoms with E-state index in [1.54, 1.807) is 19.1 Å². The number of rotatable bonds is 6. The summed E-state index contributed by atoms with van der Waals surface area (Å²) in [6.45, 7) is 4.87. The molecule has 1 amide bonds. The molecule has 4 fully saturated rings. The van der Waals surface area contributed by atoms with E-state index in [0.29, 0.717) is 30.9 Å². The molecule has 0 spiro atoms. The van der Waals surface area contributed by atoms with E-state index in [2.05, 4.69) is 41.3 Å². The van der Waals surface area contributed by atoms with Gasteiger partial charge in [0, 0.05) is 48.6 Å². The van der Waals surface area contributed by atoms with Crippen molar-refractivity contribution in [3.05, 3.63) is 64.8 Å². The van der Waals surface area contributed by atoms with Crippen molar-refractivity contribution in [2.24, 2.45) is 23.7 Å². The van der Waals surface area contributed by atoms with Crippen LogP contribution in [-0.4, -0.2) is 87.3 Å². The molecule has 0 bridgehead atoms. The van der Waals surface area contributed by atoms with Crippen LogP contribution in [-0.2, 0) is 32.0 Å². The fraction of sp³-hybridized carbons (Fsp3) is 0.528. The second-order valence-electron chi connectivity index (χ2n) is 14.8. The molecule has 1 aliphatic carbocycles. The van der Waals surface area contributed by atoms with Crippen LogP contribution in [0, 0.1) is 30.6 Å². The van der Waals surface area contributed by atoms with Gasteiger partial charge in [-0.2, -0.15) is 0 Å². The summed E-state index contributed by atoms with van der Waals surface area (Å²) in [6.07, 6.45) is 5.45. The number of nitrogens with one attached hydrogen (secondary N) is 1. The number of hydrogen-bond donors (Lipinski definition) is 3. The molecule has 3 aromatic rings. The topological polar surface area (TPSA) is 123 Å². The standard InChI is InChI=1S/C36H42BN3O6/c1-19-12-20(9-10-26(19)37(44)45)13-24-31-33(28-8-5-11-40(28)35(24)43)46-36(2,34(31)42)16-29(41)23-15-22-14-21-6-4-7-27-30(21)25(17-38-27)32(22)39(3)18-23/h4,6-7,9-10,12,17,22-24,28,31-33,38,44-45H,5,8,11,13-16,18H2,1-3H3. The summed E-state index contributed by atoms with van der Waals surface area (Å²) in [5.74, 6) is -1.15. The third kappa shape index (κ3) is 4.55. The number of aromatic nitrogens is 1. The van der Waals surface area contributed by atoms with Gasteiger partial charge in [0.2, 0.25) is 5.91 Å². The van der Waals surface area contributed by atoms with Crippen LogP contribution in [0.2, 0.25) is 0 Å². The predicted octanol–water partition coefficient (Wildman–Crippen LogP) is 2.49. The number of H-pyrrole nitrogens is 1. The summed E-state index contributed by atoms with van der Waals surface area (Å²) in [4.78, 5) is 50.1. The molecule has 9 nitrogen and oxygen atoms in total. The number of nitrogens with zero attached hydrogens (tertiary/aromatic N) is 2. The number of fused-ring (bicyclic) bond motifs is 5. The number of Topliss-reactive ketones (excluding diaryl/α,β-unsaturated/α-hetero) is 2. The fourth-order valence-electron chi connectivity index (χ4n) is 9.95. The summed E-state index contributed by atoms with van der Waals surface area (Å²) in [5, 5.41) is 20.7. The predicted molar refractivity (Wildman–Crippen MR) is 173 cm³/mol. The van der Waals surface area contributed by atoms with Crippen LogP contribution in [0.25, 0.3) is 10.9 Å². The molecule has 8 unspecified atom stereocenters. The van der Waals surface area contributed by atoms with Gasteiger partial charge in [-0.1, -0.05) is 35.9 Å². The van der Waals surface area contributed by atoms with Crippen molar-refractivity contribution >= 4 is 41.0 Å². The first-order valence-electron chi connectivity index (χ1n) is 16.8. The lowest BCUT2D eigenvalue weighted by atomic mass is 9.70. The Hall–Kier alpha value is -3.31. The van der Waals surface area contributed by atoms with E-state index in [9.17, 15) is 24.4 Å². The van der Waals surface area contributed by atoms with Crippen LogP contribution in [0.5, 0.6) is 0 Å². The highest BCUT2D eigenvalue weighted by Gasteiger charge is 2.63. The largest absolute Gasteiger partial charge is 0.488 e. The van der Waals surface area contributed by atoms with Crippen molar-refractivity contribution in [3.63, 3.8) is 0 Å². The molecule has 8 rings (SSSR count). The molecule has 0 saturated carbocycles. The Balaban J connectivity index is 1.03. The maximum absolute atomic E-state index is 14.4. The number of amides is 1. The summed E-state index contributed by atoms with van der Waals surface area (Å²) in [7, 11) is 0.536. The minimum absolute atomic E-state index is 0.0170. The van der Waals surface area contributed by atoms with E-state index in [0.717, 1.165) is 42.3 Å². The second kappa shape index (κ2) is 10.9. The third-order valence-corrected chi connectivity index (χ3v) is 12.0. The van der Waals surface area contributed by atoms with Gasteiger partial charge < -0.3 is 24.7 Å². The van der Waals surface area contributed by atoms with Gasteiger partial charge in [-0.3, -0.25) is 19.3 Å². The first kappa shape index (κ1) is 30.1. The molecule has 4 saturated heterocycles. The Morgan fingerprint density at radius 3 is 2.80 bits per heavy atom. The number of hydrogen-bond acceptors (Lipinski definition) is 7. The average Bonchev–Trinajstić information content (AvgIpc) is 3.73. The molecule has 10 heteroatoms. The van der Waals surface area contributed by atoms with E-state index in [-0.39, 0.29) is 41.9 Å². The normalized spacial score (nSPS) is 33.7. The number of piperidine rings is 2. The van der Waals surface area contributed by atoms with E-state index in [1.165, 1.54) is 16.5 Å². The minimum Gasteiger partial charge on any atom is -0.423 e. The summed E-state index contributed by atoms with van der Waals surface area (Å²) in [6, 6.07) is 11.9. The monoisotopic (exact) mass is 623 g/mol. The Kier molecular flexibility index (Phi) is 7.10. The van der Waals surface area contributed by atoms with Gasteiger partial charge in [-0.05, 0) is 87.1 Å². The van der Waals surface area contributed by atoms with Gasteiger partial charge in [0.05, 0.1) is 24.0 Å². The third-order valence-electron chi connectivity index (χ3n) is 12.0. The zero-order valence-corrected chi connectivity index (χ0v) is 26.7. The van der Waals surface area contributed by atoms with Crippen molar-refractivity contribution in [2.45, 2.75) is 76.2 Å². The summed E-state index contributed by atoms with van der Waals surface area (Å²) >= 11 is 0. The summed E-state index contributed by atoms with van der Waals surface area (Å²) in [5.41, 5.74) is 4.54. The van der Waals surface area contributed by atoms with E-state index >= 15 is 0 Å². The number of ether oxygens (including phenoxy) is 1. The number of ketones is 2. The Morgan fingerprint density at radius 1 is 1.20 bits per heavy atom. The molecule has 3 N–H and O–H groups in total. The van der Waals surface area contributed by atoms with Gasteiger partial charge >= 0.3 is 7.12 Å². The van der Waals surface area contributed by atoms with E-state index < -0.39 is 30.7 Å². The molecule has 8 atom stereocenters. The zero-order valence-electron chi connectivity index (χ0n) is 26.7. The molecule has 5 aliphatic rings. The lowest BCUT2D eigenvalue weighted by Crippen LogP contribution is -2.57. The molecule has 4 aliphatic heterocycles. The fourth-order valence-corrected chi connectivity index (χ4v) is 9.95. The first-order chi connectivity index (χ1) is 22.0. The second-order valence-corrected chi connectivity index (χ2v) is 14.8. The van der Waals surface area contributed by atoms with Crippen LogP contribution < -0.4 is 5.46 Å². The van der Waals surface area contributed by atoms with E-state index in [1.807, 2.05) is 17.9 Å². The van der Waals surface area contributed by atoms with Crippen LogP contribution in [0.3, 0.4) is 0 Å². The van der Waals surface area contributed by atoms with Gasteiger partial charge in [0.15, 0.2) is 5.78 Å². The number of aromatic amines is 1. The molecular formula is C36H42BN3O6. The lowest BCUT2D eigenvalue weighted by molar-refractivity contribution is -0.154. The van der Waals surface area contributed by atoms with Gasteiger partial charge in [0.25, 0.3) is 0 Å².